The van der Waals surface area contributed by atoms with E-state index in [1.807, 2.05) is 0 Å². The third-order valence-corrected chi connectivity index (χ3v) is 2.77. The van der Waals surface area contributed by atoms with Crippen LogP contribution in [0.15, 0.2) is 6.20 Å². The van der Waals surface area contributed by atoms with Crippen LogP contribution in [0.3, 0.4) is 0 Å². The van der Waals surface area contributed by atoms with Crippen molar-refractivity contribution in [1.82, 2.24) is 15.1 Å². The van der Waals surface area contributed by atoms with Gasteiger partial charge in [0.25, 0.3) is 0 Å². The Balaban J connectivity index is 2.30. The largest absolute Gasteiger partial charge is 0.313 e. The van der Waals surface area contributed by atoms with Crippen LogP contribution in [0, 0.1) is 6.92 Å². The zero-order chi connectivity index (χ0) is 11.8. The molecule has 3 nitrogen and oxygen atoms in total. The lowest BCUT2D eigenvalue weighted by Crippen LogP contribution is -2.14. The first-order chi connectivity index (χ1) is 7.77. The fourth-order valence-corrected chi connectivity index (χ4v) is 1.80. The Hall–Kier alpha value is -0.830. The van der Waals surface area contributed by atoms with E-state index in [9.17, 15) is 0 Å². The second kappa shape index (κ2) is 7.44. The molecule has 0 saturated carbocycles. The maximum Gasteiger partial charge on any atom is 0.0638 e. The number of nitrogens with zero attached hydrogens (tertiary/aromatic N) is 2. The monoisotopic (exact) mass is 223 g/mol. The number of hydrogen-bond donors (Lipinski definition) is 1. The first-order valence-corrected chi connectivity index (χ1v) is 6.51. The molecule has 0 aromatic carbocycles. The Morgan fingerprint density at radius 1 is 1.25 bits per heavy atom. The van der Waals surface area contributed by atoms with Crippen molar-refractivity contribution in [3.05, 3.63) is 17.5 Å². The second-order valence-electron chi connectivity index (χ2n) is 4.39. The Labute approximate surface area is 99.2 Å². The molecule has 0 radical (unpaired) electrons. The van der Waals surface area contributed by atoms with E-state index in [1.165, 1.54) is 24.8 Å². The fourth-order valence-electron chi connectivity index (χ4n) is 1.80. The quantitative estimate of drug-likeness (QED) is 0.687. The van der Waals surface area contributed by atoms with Crippen molar-refractivity contribution in [2.75, 3.05) is 6.54 Å². The molecule has 0 aliphatic rings. The van der Waals surface area contributed by atoms with E-state index in [-0.39, 0.29) is 0 Å². The fraction of sp³-hybridized carbons (Fsp3) is 0.769. The van der Waals surface area contributed by atoms with Crippen molar-refractivity contribution in [2.45, 2.75) is 59.5 Å². The van der Waals surface area contributed by atoms with Gasteiger partial charge >= 0.3 is 0 Å². The van der Waals surface area contributed by atoms with Gasteiger partial charge in [0.1, 0.15) is 0 Å². The Morgan fingerprint density at radius 3 is 2.75 bits per heavy atom. The van der Waals surface area contributed by atoms with Crippen LogP contribution in [0.2, 0.25) is 0 Å². The van der Waals surface area contributed by atoms with E-state index in [0.29, 0.717) is 0 Å². The molecule has 0 unspecified atom stereocenters. The number of unbranched alkanes of at least 4 members (excludes halogenated alkanes) is 2. The molecule has 0 amide bonds. The predicted octanol–water partition coefficient (Wildman–Crippen LogP) is 2.88. The lowest BCUT2D eigenvalue weighted by molar-refractivity contribution is 0.596. The average molecular weight is 223 g/mol. The Kier molecular flexibility index (Phi) is 6.16. The molecule has 0 fully saturated rings. The van der Waals surface area contributed by atoms with Gasteiger partial charge in [-0.3, -0.25) is 4.68 Å². The second-order valence-corrected chi connectivity index (χ2v) is 4.39. The van der Waals surface area contributed by atoms with Crippen LogP contribution in [0.5, 0.6) is 0 Å². The van der Waals surface area contributed by atoms with Gasteiger partial charge in [0.05, 0.1) is 5.69 Å². The third kappa shape index (κ3) is 4.35. The van der Waals surface area contributed by atoms with E-state index in [1.54, 1.807) is 0 Å². The van der Waals surface area contributed by atoms with Crippen LogP contribution in [0.4, 0.5) is 0 Å². The molecule has 16 heavy (non-hydrogen) atoms. The van der Waals surface area contributed by atoms with Crippen molar-refractivity contribution in [2.24, 2.45) is 0 Å². The molecule has 0 aliphatic carbocycles. The molecule has 1 aromatic heterocycles. The summed E-state index contributed by atoms with van der Waals surface area (Å²) in [4.78, 5) is 0. The Bertz CT molecular complexity index is 291. The lowest BCUT2D eigenvalue weighted by atomic mass is 10.2. The van der Waals surface area contributed by atoms with Crippen molar-refractivity contribution in [3.8, 4) is 0 Å². The molecule has 1 rings (SSSR count). The summed E-state index contributed by atoms with van der Waals surface area (Å²) in [6.45, 7) is 9.61. The molecule has 0 bridgehead atoms. The summed E-state index contributed by atoms with van der Waals surface area (Å²) in [5.41, 5.74) is 2.50. The summed E-state index contributed by atoms with van der Waals surface area (Å²) in [7, 11) is 0. The molecule has 1 N–H and O–H groups in total. The first kappa shape index (κ1) is 13.2. The number of hydrogen-bond acceptors (Lipinski definition) is 2. The first-order valence-electron chi connectivity index (χ1n) is 6.51. The molecular formula is C13H25N3. The molecule has 0 aliphatic heterocycles. The molecule has 0 saturated heterocycles. The highest BCUT2D eigenvalue weighted by Crippen LogP contribution is 2.05. The number of aryl methyl sites for hydroxylation is 2. The van der Waals surface area contributed by atoms with Crippen molar-refractivity contribution in [3.63, 3.8) is 0 Å². The minimum Gasteiger partial charge on any atom is -0.313 e. The maximum atomic E-state index is 4.49. The molecule has 0 atom stereocenters. The van der Waals surface area contributed by atoms with Crippen molar-refractivity contribution >= 4 is 0 Å². The predicted molar refractivity (Wildman–Crippen MR) is 68.5 cm³/mol. The SMILES string of the molecule is CCCCCNCc1cn(CCC)nc1C. The van der Waals surface area contributed by atoms with Crippen LogP contribution in [-0.4, -0.2) is 16.3 Å². The van der Waals surface area contributed by atoms with Gasteiger partial charge in [0.15, 0.2) is 0 Å². The number of rotatable bonds is 8. The van der Waals surface area contributed by atoms with Gasteiger partial charge < -0.3 is 5.32 Å². The van der Waals surface area contributed by atoms with Gasteiger partial charge in [0, 0.05) is 24.8 Å². The molecular weight excluding hydrogens is 198 g/mol. The van der Waals surface area contributed by atoms with Gasteiger partial charge in [-0.15, -0.1) is 0 Å². The van der Waals surface area contributed by atoms with E-state index in [4.69, 9.17) is 0 Å². The summed E-state index contributed by atoms with van der Waals surface area (Å²) in [5, 5.41) is 7.97. The highest BCUT2D eigenvalue weighted by molar-refractivity contribution is 5.14. The maximum absolute atomic E-state index is 4.49. The molecule has 0 spiro atoms. The smallest absolute Gasteiger partial charge is 0.0638 e. The van der Waals surface area contributed by atoms with E-state index in [0.717, 1.165) is 31.7 Å². The van der Waals surface area contributed by atoms with E-state index >= 15 is 0 Å². The van der Waals surface area contributed by atoms with Gasteiger partial charge in [0.2, 0.25) is 0 Å². The number of nitrogens with one attached hydrogen (secondary N) is 1. The van der Waals surface area contributed by atoms with Gasteiger partial charge in [-0.1, -0.05) is 26.7 Å². The van der Waals surface area contributed by atoms with Crippen LogP contribution < -0.4 is 5.32 Å². The van der Waals surface area contributed by atoms with Gasteiger partial charge in [-0.2, -0.15) is 5.10 Å². The summed E-state index contributed by atoms with van der Waals surface area (Å²) in [6, 6.07) is 0. The van der Waals surface area contributed by atoms with E-state index in [2.05, 4.69) is 42.1 Å². The van der Waals surface area contributed by atoms with Crippen molar-refractivity contribution < 1.29 is 0 Å². The standard InChI is InChI=1S/C13H25N3/c1-4-6-7-8-14-10-13-11-16(9-5-2)15-12(13)3/h11,14H,4-10H2,1-3H3. The highest BCUT2D eigenvalue weighted by Gasteiger charge is 2.03. The van der Waals surface area contributed by atoms with Crippen LogP contribution in [-0.2, 0) is 13.1 Å². The summed E-state index contributed by atoms with van der Waals surface area (Å²) in [5.74, 6) is 0. The third-order valence-electron chi connectivity index (χ3n) is 2.77. The van der Waals surface area contributed by atoms with Crippen LogP contribution in [0.25, 0.3) is 0 Å². The van der Waals surface area contributed by atoms with Gasteiger partial charge in [-0.05, 0) is 26.3 Å². The molecule has 92 valence electrons. The normalized spacial score (nSPS) is 10.9. The minimum atomic E-state index is 0.958. The Morgan fingerprint density at radius 2 is 2.06 bits per heavy atom. The van der Waals surface area contributed by atoms with Gasteiger partial charge in [-0.25, -0.2) is 0 Å². The summed E-state index contributed by atoms with van der Waals surface area (Å²) < 4.78 is 2.05. The summed E-state index contributed by atoms with van der Waals surface area (Å²) >= 11 is 0. The average Bonchev–Trinajstić information content (AvgIpc) is 2.60. The highest BCUT2D eigenvalue weighted by atomic mass is 15.3. The van der Waals surface area contributed by atoms with Crippen LogP contribution in [0.1, 0.15) is 50.8 Å². The van der Waals surface area contributed by atoms with Crippen LogP contribution >= 0.6 is 0 Å². The molecule has 3 heteroatoms. The number of aromatic nitrogens is 2. The topological polar surface area (TPSA) is 29.9 Å². The zero-order valence-corrected chi connectivity index (χ0v) is 10.9. The minimum absolute atomic E-state index is 0.958. The summed E-state index contributed by atoms with van der Waals surface area (Å²) in [6.07, 6.45) is 7.20. The zero-order valence-electron chi connectivity index (χ0n) is 10.9. The van der Waals surface area contributed by atoms with Crippen molar-refractivity contribution in [1.29, 1.82) is 0 Å². The molecule has 1 aromatic rings. The van der Waals surface area contributed by atoms with E-state index < -0.39 is 0 Å². The lowest BCUT2D eigenvalue weighted by Gasteiger charge is -2.02. The molecule has 1 heterocycles.